The van der Waals surface area contributed by atoms with Crippen molar-refractivity contribution in [3.8, 4) is 16.9 Å². The lowest BCUT2D eigenvalue weighted by Crippen LogP contribution is -2.22. The number of benzene rings is 2. The van der Waals surface area contributed by atoms with Gasteiger partial charge in [-0.1, -0.05) is 68.5 Å². The van der Waals surface area contributed by atoms with E-state index in [4.69, 9.17) is 4.74 Å². The molecule has 0 amide bonds. The highest BCUT2D eigenvalue weighted by atomic mass is 16.5. The van der Waals surface area contributed by atoms with Crippen LogP contribution in [0.15, 0.2) is 48.5 Å². The van der Waals surface area contributed by atoms with Gasteiger partial charge in [0.05, 0.1) is 7.11 Å². The van der Waals surface area contributed by atoms with E-state index in [1.54, 1.807) is 7.11 Å². The fraction of sp³-hybridized carbons (Fsp3) is 0.500. The number of rotatable bonds is 7. The summed E-state index contributed by atoms with van der Waals surface area (Å²) in [5, 5.41) is 3.80. The van der Waals surface area contributed by atoms with E-state index in [1.165, 1.54) is 68.2 Å². The minimum absolute atomic E-state index is 0.696. The van der Waals surface area contributed by atoms with Crippen molar-refractivity contribution >= 4 is 0 Å². The zero-order chi connectivity index (χ0) is 17.8. The smallest absolute Gasteiger partial charge is 0.119 e. The summed E-state index contributed by atoms with van der Waals surface area (Å²) < 4.78 is 5.34. The molecule has 2 aliphatic carbocycles. The molecule has 138 valence electrons. The molecule has 26 heavy (non-hydrogen) atoms. The molecule has 0 aromatic heterocycles. The number of methoxy groups -OCH3 is 1. The van der Waals surface area contributed by atoms with E-state index < -0.39 is 0 Å². The standard InChI is InChI=1S/C24H31NO/c1-26-22-9-5-8-21(16-22)19-10-12-20(13-11-19)23-17-24(23)25-15-14-18-6-3-2-4-7-18/h5,8-13,16,18,23-25H,2-4,6-7,14-15,17H2,1H3/t23-,24+/m0/s1. The van der Waals surface area contributed by atoms with Gasteiger partial charge in [0, 0.05) is 12.0 Å². The molecule has 0 radical (unpaired) electrons. The average Bonchev–Trinajstić information content (AvgIpc) is 3.48. The van der Waals surface area contributed by atoms with E-state index in [-0.39, 0.29) is 0 Å². The molecule has 0 aliphatic heterocycles. The minimum Gasteiger partial charge on any atom is -0.497 e. The summed E-state index contributed by atoms with van der Waals surface area (Å²) in [6.45, 7) is 1.20. The lowest BCUT2D eigenvalue weighted by molar-refractivity contribution is 0.333. The zero-order valence-corrected chi connectivity index (χ0v) is 15.9. The molecular formula is C24H31NO. The Bertz CT molecular complexity index is 702. The fourth-order valence-electron chi connectivity index (χ4n) is 4.46. The van der Waals surface area contributed by atoms with Crippen LogP contribution in [0.5, 0.6) is 5.75 Å². The second kappa shape index (κ2) is 8.26. The number of ether oxygens (including phenoxy) is 1. The number of hydrogen-bond donors (Lipinski definition) is 1. The van der Waals surface area contributed by atoms with Gasteiger partial charge in [-0.05, 0) is 54.1 Å². The Kier molecular flexibility index (Phi) is 5.59. The maximum atomic E-state index is 5.34. The number of hydrogen-bond acceptors (Lipinski definition) is 2. The maximum absolute atomic E-state index is 5.34. The molecule has 2 nitrogen and oxygen atoms in total. The molecule has 2 fully saturated rings. The Morgan fingerprint density at radius 3 is 2.54 bits per heavy atom. The molecule has 0 heterocycles. The molecule has 2 saturated carbocycles. The molecule has 0 saturated heterocycles. The summed E-state index contributed by atoms with van der Waals surface area (Å²) in [5.41, 5.74) is 3.95. The Balaban J connectivity index is 1.28. The third-order valence-electron chi connectivity index (χ3n) is 6.22. The van der Waals surface area contributed by atoms with Gasteiger partial charge >= 0.3 is 0 Å². The van der Waals surface area contributed by atoms with Crippen molar-refractivity contribution < 1.29 is 4.74 Å². The van der Waals surface area contributed by atoms with Crippen molar-refractivity contribution in [1.29, 1.82) is 0 Å². The normalized spacial score (nSPS) is 23.0. The van der Waals surface area contributed by atoms with Crippen LogP contribution in [-0.2, 0) is 0 Å². The second-order valence-corrected chi connectivity index (χ2v) is 8.05. The van der Waals surface area contributed by atoms with Crippen molar-refractivity contribution in [3.05, 3.63) is 54.1 Å². The van der Waals surface area contributed by atoms with E-state index in [0.717, 1.165) is 11.7 Å². The SMILES string of the molecule is COc1cccc(-c2ccc([C@@H]3C[C@H]3NCCC3CCCCC3)cc2)c1. The molecule has 0 unspecified atom stereocenters. The van der Waals surface area contributed by atoms with Crippen molar-refractivity contribution in [3.63, 3.8) is 0 Å². The van der Waals surface area contributed by atoms with Gasteiger partial charge in [-0.25, -0.2) is 0 Å². The van der Waals surface area contributed by atoms with Crippen molar-refractivity contribution in [2.24, 2.45) is 5.92 Å². The minimum atomic E-state index is 0.696. The van der Waals surface area contributed by atoms with Gasteiger partial charge in [-0.2, -0.15) is 0 Å². The van der Waals surface area contributed by atoms with Crippen LogP contribution in [0.4, 0.5) is 0 Å². The quantitative estimate of drug-likeness (QED) is 0.684. The summed E-state index contributed by atoms with van der Waals surface area (Å²) >= 11 is 0. The molecule has 4 rings (SSSR count). The summed E-state index contributed by atoms with van der Waals surface area (Å²) in [6.07, 6.45) is 9.96. The first-order valence-electron chi connectivity index (χ1n) is 10.3. The van der Waals surface area contributed by atoms with Crippen LogP contribution in [0, 0.1) is 5.92 Å². The van der Waals surface area contributed by atoms with E-state index in [9.17, 15) is 0 Å². The van der Waals surface area contributed by atoms with Crippen molar-refractivity contribution in [2.75, 3.05) is 13.7 Å². The van der Waals surface area contributed by atoms with Crippen molar-refractivity contribution in [1.82, 2.24) is 5.32 Å². The predicted molar refractivity (Wildman–Crippen MR) is 109 cm³/mol. The maximum Gasteiger partial charge on any atom is 0.119 e. The van der Waals surface area contributed by atoms with E-state index in [1.807, 2.05) is 6.07 Å². The second-order valence-electron chi connectivity index (χ2n) is 8.05. The Labute approximate surface area is 158 Å². The van der Waals surface area contributed by atoms with Gasteiger partial charge in [0.25, 0.3) is 0 Å². The molecule has 2 aromatic rings. The third-order valence-corrected chi connectivity index (χ3v) is 6.22. The first-order valence-corrected chi connectivity index (χ1v) is 10.3. The monoisotopic (exact) mass is 349 g/mol. The lowest BCUT2D eigenvalue weighted by Gasteiger charge is -2.21. The van der Waals surface area contributed by atoms with Gasteiger partial charge in [-0.15, -0.1) is 0 Å². The largest absolute Gasteiger partial charge is 0.497 e. The van der Waals surface area contributed by atoms with Crippen LogP contribution in [0.1, 0.15) is 56.4 Å². The van der Waals surface area contributed by atoms with Crippen LogP contribution in [0.3, 0.4) is 0 Å². The van der Waals surface area contributed by atoms with Gasteiger partial charge in [0.2, 0.25) is 0 Å². The molecule has 2 heteroatoms. The van der Waals surface area contributed by atoms with E-state index >= 15 is 0 Å². The van der Waals surface area contributed by atoms with Crippen LogP contribution < -0.4 is 10.1 Å². The number of nitrogens with one attached hydrogen (secondary N) is 1. The van der Waals surface area contributed by atoms with Gasteiger partial charge < -0.3 is 10.1 Å². The summed E-state index contributed by atoms with van der Waals surface area (Å²) in [6, 6.07) is 18.1. The molecule has 2 aromatic carbocycles. The topological polar surface area (TPSA) is 21.3 Å². The van der Waals surface area contributed by atoms with Gasteiger partial charge in [-0.3, -0.25) is 0 Å². The summed E-state index contributed by atoms with van der Waals surface area (Å²) in [4.78, 5) is 0. The van der Waals surface area contributed by atoms with Crippen LogP contribution >= 0.6 is 0 Å². The zero-order valence-electron chi connectivity index (χ0n) is 15.9. The molecule has 0 bridgehead atoms. The molecule has 2 aliphatic rings. The van der Waals surface area contributed by atoms with E-state index in [2.05, 4.69) is 47.8 Å². The molecule has 0 spiro atoms. The first kappa shape index (κ1) is 17.6. The van der Waals surface area contributed by atoms with E-state index in [0.29, 0.717) is 12.0 Å². The van der Waals surface area contributed by atoms with Crippen LogP contribution in [0.25, 0.3) is 11.1 Å². The highest BCUT2D eigenvalue weighted by molar-refractivity contribution is 5.65. The molecule has 2 atom stereocenters. The van der Waals surface area contributed by atoms with Crippen molar-refractivity contribution in [2.45, 2.75) is 56.9 Å². The summed E-state index contributed by atoms with van der Waals surface area (Å²) in [5.74, 6) is 2.60. The lowest BCUT2D eigenvalue weighted by atomic mass is 9.87. The fourth-order valence-corrected chi connectivity index (χ4v) is 4.46. The summed E-state index contributed by atoms with van der Waals surface area (Å²) in [7, 11) is 1.72. The van der Waals surface area contributed by atoms with Crippen LogP contribution in [-0.4, -0.2) is 19.7 Å². The van der Waals surface area contributed by atoms with Crippen LogP contribution in [0.2, 0.25) is 0 Å². The highest BCUT2D eigenvalue weighted by Gasteiger charge is 2.37. The Morgan fingerprint density at radius 2 is 1.77 bits per heavy atom. The molecule has 1 N–H and O–H groups in total. The highest BCUT2D eigenvalue weighted by Crippen LogP contribution is 2.41. The predicted octanol–water partition coefficient (Wildman–Crippen LogP) is 5.78. The van der Waals surface area contributed by atoms with Gasteiger partial charge in [0.1, 0.15) is 5.75 Å². The Morgan fingerprint density at radius 1 is 0.962 bits per heavy atom. The van der Waals surface area contributed by atoms with Gasteiger partial charge in [0.15, 0.2) is 0 Å². The third kappa shape index (κ3) is 4.29. The Hall–Kier alpha value is -1.80. The first-order chi connectivity index (χ1) is 12.8. The average molecular weight is 350 g/mol. The molecular weight excluding hydrogens is 318 g/mol.